The van der Waals surface area contributed by atoms with E-state index in [-0.39, 0.29) is 17.4 Å². The summed E-state index contributed by atoms with van der Waals surface area (Å²) in [7, 11) is 0. The monoisotopic (exact) mass is 429 g/mol. The summed E-state index contributed by atoms with van der Waals surface area (Å²) in [6.07, 6.45) is 9.23. The molecular formula is C27H43NO3. The minimum Gasteiger partial charge on any atom is -0.393 e. The quantitative estimate of drug-likeness (QED) is 0.613. The summed E-state index contributed by atoms with van der Waals surface area (Å²) in [5, 5.41) is 21.1. The van der Waals surface area contributed by atoms with Gasteiger partial charge in [0.1, 0.15) is 5.78 Å². The average molecular weight is 430 g/mol. The van der Waals surface area contributed by atoms with Crippen LogP contribution in [-0.4, -0.2) is 51.7 Å². The first kappa shape index (κ1) is 21.1. The van der Waals surface area contributed by atoms with Crippen molar-refractivity contribution in [2.45, 2.75) is 96.3 Å². The largest absolute Gasteiger partial charge is 0.393 e. The molecule has 174 valence electrons. The second kappa shape index (κ2) is 7.03. The maximum Gasteiger partial charge on any atom is 0.136 e. The van der Waals surface area contributed by atoms with Crippen molar-refractivity contribution in [1.29, 1.82) is 0 Å². The van der Waals surface area contributed by atoms with Gasteiger partial charge in [0.25, 0.3) is 0 Å². The van der Waals surface area contributed by atoms with Crippen LogP contribution in [0.4, 0.5) is 0 Å². The fraction of sp³-hybridized carbons (Fsp3) is 0.963. The van der Waals surface area contributed by atoms with Crippen molar-refractivity contribution >= 4 is 5.78 Å². The van der Waals surface area contributed by atoms with Crippen LogP contribution in [0.3, 0.4) is 0 Å². The lowest BCUT2D eigenvalue weighted by Gasteiger charge is -2.57. The second-order valence-electron chi connectivity index (χ2n) is 13.3. The number of ketones is 1. The molecule has 6 rings (SSSR count). The van der Waals surface area contributed by atoms with Crippen molar-refractivity contribution in [1.82, 2.24) is 4.90 Å². The molecule has 2 saturated heterocycles. The predicted octanol–water partition coefficient (Wildman–Crippen LogP) is 3.89. The SMILES string of the molecule is C[C@@H]1[C@@H]2CC[C@@H]3[C@@H](C[C@H]4[C@H]3CC(=O)[C@H]3C[C@@H](O)CC[C@@]34C)[C@@H]2CN2C[C@](C)(O)CC[C@H]12. The fourth-order valence-electron chi connectivity index (χ4n) is 10.3. The van der Waals surface area contributed by atoms with Crippen LogP contribution in [0.1, 0.15) is 78.6 Å². The van der Waals surface area contributed by atoms with Crippen LogP contribution in [0.2, 0.25) is 0 Å². The van der Waals surface area contributed by atoms with Crippen molar-refractivity contribution in [3.05, 3.63) is 0 Å². The number of hydrogen-bond acceptors (Lipinski definition) is 4. The standard InChI is InChI=1S/C27H43NO3/c1-15-17-4-5-18-19(21(17)13-28-14-26(2,31)8-7-24(15)28)11-22-20(18)12-25(30)23-10-16(29)6-9-27(22,23)3/h15-24,29,31H,4-14H2,1-3H3/t15-,16+,17+,18-,19-,20+,21-,22+,23-,24-,26-,27-/m1/s1. The first-order valence-corrected chi connectivity index (χ1v) is 13.3. The molecule has 0 amide bonds. The van der Waals surface area contributed by atoms with Crippen LogP contribution >= 0.6 is 0 Å². The Morgan fingerprint density at radius 2 is 1.71 bits per heavy atom. The highest BCUT2D eigenvalue weighted by atomic mass is 16.3. The third-order valence-corrected chi connectivity index (χ3v) is 11.8. The summed E-state index contributed by atoms with van der Waals surface area (Å²) in [6, 6.07) is 0.657. The van der Waals surface area contributed by atoms with Crippen LogP contribution in [-0.2, 0) is 4.79 Å². The number of fused-ring (bicyclic) bond motifs is 8. The Morgan fingerprint density at radius 3 is 2.52 bits per heavy atom. The minimum atomic E-state index is -0.531. The normalized spacial score (nSPS) is 59.2. The van der Waals surface area contributed by atoms with Gasteiger partial charge in [-0.05, 0) is 105 Å². The van der Waals surface area contributed by atoms with Crippen molar-refractivity contribution in [2.75, 3.05) is 13.1 Å². The van der Waals surface area contributed by atoms with Crippen molar-refractivity contribution in [3.63, 3.8) is 0 Å². The Hall–Kier alpha value is -0.450. The van der Waals surface area contributed by atoms with Crippen LogP contribution in [0.25, 0.3) is 0 Å². The zero-order valence-corrected chi connectivity index (χ0v) is 19.8. The maximum atomic E-state index is 13.2. The molecule has 12 atom stereocenters. The third kappa shape index (κ3) is 3.06. The van der Waals surface area contributed by atoms with Gasteiger partial charge in [-0.2, -0.15) is 0 Å². The minimum absolute atomic E-state index is 0.0975. The molecule has 2 N–H and O–H groups in total. The zero-order valence-electron chi connectivity index (χ0n) is 19.8. The van der Waals surface area contributed by atoms with E-state index in [1.807, 2.05) is 6.92 Å². The lowest BCUT2D eigenvalue weighted by atomic mass is 9.51. The van der Waals surface area contributed by atoms with Gasteiger partial charge in [0, 0.05) is 31.5 Å². The van der Waals surface area contributed by atoms with Gasteiger partial charge < -0.3 is 10.2 Å². The van der Waals surface area contributed by atoms with Crippen LogP contribution in [0, 0.1) is 52.8 Å². The highest BCUT2D eigenvalue weighted by Crippen LogP contribution is 2.66. The van der Waals surface area contributed by atoms with E-state index < -0.39 is 5.60 Å². The van der Waals surface area contributed by atoms with Crippen LogP contribution in [0.5, 0.6) is 0 Å². The Bertz CT molecular complexity index is 751. The highest BCUT2D eigenvalue weighted by molar-refractivity contribution is 5.83. The molecule has 2 heterocycles. The number of aliphatic hydroxyl groups excluding tert-OH is 1. The number of rotatable bonds is 0. The van der Waals surface area contributed by atoms with Crippen LogP contribution < -0.4 is 0 Å². The first-order valence-electron chi connectivity index (χ1n) is 13.3. The Kier molecular flexibility index (Phi) is 4.78. The van der Waals surface area contributed by atoms with Gasteiger partial charge in [0.15, 0.2) is 0 Å². The smallest absolute Gasteiger partial charge is 0.136 e. The second-order valence-corrected chi connectivity index (χ2v) is 13.3. The van der Waals surface area contributed by atoms with Crippen molar-refractivity contribution in [3.8, 4) is 0 Å². The number of nitrogens with zero attached hydrogens (tertiary/aromatic N) is 1. The van der Waals surface area contributed by atoms with E-state index in [4.69, 9.17) is 0 Å². The van der Waals surface area contributed by atoms with E-state index in [9.17, 15) is 15.0 Å². The van der Waals surface area contributed by atoms with Gasteiger partial charge in [0.05, 0.1) is 11.7 Å². The van der Waals surface area contributed by atoms with Crippen LogP contribution in [0.15, 0.2) is 0 Å². The molecule has 0 aromatic rings. The molecular weight excluding hydrogens is 386 g/mol. The van der Waals surface area contributed by atoms with Gasteiger partial charge in [-0.15, -0.1) is 0 Å². The molecule has 0 bridgehead atoms. The third-order valence-electron chi connectivity index (χ3n) is 11.8. The number of piperidine rings is 2. The maximum absolute atomic E-state index is 13.2. The number of Topliss-reactive ketones (excluding diaryl/α,β-unsaturated/α-hetero) is 1. The molecule has 0 spiro atoms. The summed E-state index contributed by atoms with van der Waals surface area (Å²) in [6.45, 7) is 8.95. The topological polar surface area (TPSA) is 60.8 Å². The summed E-state index contributed by atoms with van der Waals surface area (Å²) >= 11 is 0. The van der Waals surface area contributed by atoms with Crippen molar-refractivity contribution < 1.29 is 15.0 Å². The summed E-state index contributed by atoms with van der Waals surface area (Å²) in [4.78, 5) is 15.9. The van der Waals surface area contributed by atoms with E-state index in [1.54, 1.807) is 0 Å². The van der Waals surface area contributed by atoms with Gasteiger partial charge >= 0.3 is 0 Å². The molecule has 0 unspecified atom stereocenters. The first-order chi connectivity index (χ1) is 14.7. The molecule has 4 saturated carbocycles. The molecule has 0 aromatic carbocycles. The average Bonchev–Trinajstić information content (AvgIpc) is 3.09. The number of hydrogen-bond donors (Lipinski definition) is 2. The van der Waals surface area contributed by atoms with Gasteiger partial charge in [-0.1, -0.05) is 13.8 Å². The molecule has 31 heavy (non-hydrogen) atoms. The molecule has 4 aliphatic carbocycles. The number of aliphatic hydroxyl groups is 2. The molecule has 0 aromatic heterocycles. The van der Waals surface area contributed by atoms with E-state index >= 15 is 0 Å². The summed E-state index contributed by atoms with van der Waals surface area (Å²) in [5.41, 5.74) is -0.416. The zero-order chi connectivity index (χ0) is 21.7. The Balaban J connectivity index is 1.28. The van der Waals surface area contributed by atoms with Gasteiger partial charge in [-0.3, -0.25) is 9.69 Å². The molecule has 4 nitrogen and oxygen atoms in total. The highest BCUT2D eigenvalue weighted by Gasteiger charge is 2.63. The Morgan fingerprint density at radius 1 is 0.935 bits per heavy atom. The molecule has 4 heteroatoms. The Labute approximate surface area is 188 Å². The number of carbonyl (C=O) groups excluding carboxylic acids is 1. The van der Waals surface area contributed by atoms with E-state index in [1.165, 1.54) is 25.8 Å². The van der Waals surface area contributed by atoms with E-state index in [0.717, 1.165) is 68.2 Å². The molecule has 6 aliphatic rings. The summed E-state index contributed by atoms with van der Waals surface area (Å²) in [5.74, 6) is 5.63. The summed E-state index contributed by atoms with van der Waals surface area (Å²) < 4.78 is 0. The molecule has 0 radical (unpaired) electrons. The van der Waals surface area contributed by atoms with E-state index in [0.29, 0.717) is 30.1 Å². The molecule has 6 fully saturated rings. The van der Waals surface area contributed by atoms with Gasteiger partial charge in [0.2, 0.25) is 0 Å². The fourth-order valence-corrected chi connectivity index (χ4v) is 10.3. The predicted molar refractivity (Wildman–Crippen MR) is 120 cm³/mol. The van der Waals surface area contributed by atoms with Crippen molar-refractivity contribution in [2.24, 2.45) is 52.8 Å². The number of carbonyl (C=O) groups is 1. The lowest BCUT2D eigenvalue weighted by Crippen LogP contribution is -2.61. The lowest BCUT2D eigenvalue weighted by molar-refractivity contribution is -0.145. The van der Waals surface area contributed by atoms with Gasteiger partial charge in [-0.25, -0.2) is 0 Å². The molecule has 2 aliphatic heterocycles. The van der Waals surface area contributed by atoms with E-state index in [2.05, 4.69) is 18.7 Å².